The summed E-state index contributed by atoms with van der Waals surface area (Å²) in [7, 11) is 0. The van der Waals surface area contributed by atoms with Gasteiger partial charge in [-0.05, 0) is 16.7 Å². The van der Waals surface area contributed by atoms with Crippen molar-refractivity contribution in [1.82, 2.24) is 15.0 Å². The van der Waals surface area contributed by atoms with Crippen LogP contribution in [0.5, 0.6) is 0 Å². The highest BCUT2D eigenvalue weighted by molar-refractivity contribution is 7.99. The highest BCUT2D eigenvalue weighted by Gasteiger charge is 2.19. The van der Waals surface area contributed by atoms with Crippen molar-refractivity contribution in [2.45, 2.75) is 11.2 Å². The minimum absolute atomic E-state index is 0.0717. The topological polar surface area (TPSA) is 90.0 Å². The molecular weight excluding hydrogens is 476 g/mol. The van der Waals surface area contributed by atoms with Crippen molar-refractivity contribution >= 4 is 39.2 Å². The Morgan fingerprint density at radius 3 is 2.11 bits per heavy atom. The summed E-state index contributed by atoms with van der Waals surface area (Å²) in [5, 5.41) is 5.81. The van der Waals surface area contributed by atoms with Gasteiger partial charge in [-0.15, -0.1) is 11.3 Å². The number of aromatic nitrogens is 2. The first-order valence-electron chi connectivity index (χ1n) is 11.0. The molecule has 2 aromatic heterocycles. The van der Waals surface area contributed by atoms with E-state index in [2.05, 4.69) is 10.3 Å². The molecule has 5 rings (SSSR count). The number of hydrogen-bond donors (Lipinski definition) is 2. The molecule has 0 radical (unpaired) electrons. The summed E-state index contributed by atoms with van der Waals surface area (Å²) in [6.07, 6.45) is 0. The summed E-state index contributed by atoms with van der Waals surface area (Å²) in [5.41, 5.74) is 3.39. The summed E-state index contributed by atoms with van der Waals surface area (Å²) in [6, 6.07) is 29.0. The SMILES string of the molecule is Nn1c(SCC(=O)NC(c2ccccc2)c2ccccc2)nc2scc(-c3ccccc3)c2c1=O. The molecule has 6 nitrogen and oxygen atoms in total. The monoisotopic (exact) mass is 498 g/mol. The van der Waals surface area contributed by atoms with Crippen molar-refractivity contribution in [3.8, 4) is 11.1 Å². The average molecular weight is 499 g/mol. The van der Waals surface area contributed by atoms with E-state index in [0.29, 0.717) is 15.4 Å². The van der Waals surface area contributed by atoms with E-state index >= 15 is 0 Å². The second-order valence-electron chi connectivity index (χ2n) is 7.88. The Hall–Kier alpha value is -3.88. The van der Waals surface area contributed by atoms with Gasteiger partial charge < -0.3 is 11.2 Å². The van der Waals surface area contributed by atoms with Gasteiger partial charge in [0.15, 0.2) is 5.16 Å². The number of thioether (sulfide) groups is 1. The Bertz CT molecular complexity index is 1480. The van der Waals surface area contributed by atoms with E-state index in [0.717, 1.165) is 38.7 Å². The van der Waals surface area contributed by atoms with Crippen LogP contribution in [0.4, 0.5) is 0 Å². The van der Waals surface area contributed by atoms with Gasteiger partial charge in [0.05, 0.1) is 17.2 Å². The average Bonchev–Trinajstić information content (AvgIpc) is 3.34. The van der Waals surface area contributed by atoms with E-state index in [1.165, 1.54) is 11.3 Å². The first-order valence-corrected chi connectivity index (χ1v) is 12.8. The molecule has 2 heterocycles. The fourth-order valence-electron chi connectivity index (χ4n) is 3.90. The third-order valence-electron chi connectivity index (χ3n) is 5.60. The van der Waals surface area contributed by atoms with Crippen LogP contribution in [0.1, 0.15) is 17.2 Å². The van der Waals surface area contributed by atoms with Crippen LogP contribution in [0, 0.1) is 0 Å². The molecule has 0 atom stereocenters. The van der Waals surface area contributed by atoms with Crippen LogP contribution in [0.3, 0.4) is 0 Å². The second kappa shape index (κ2) is 10.2. The fourth-order valence-corrected chi connectivity index (χ4v) is 5.62. The number of nitrogen functional groups attached to an aromatic ring is 1. The number of fused-ring (bicyclic) bond motifs is 1. The van der Waals surface area contributed by atoms with Gasteiger partial charge in [-0.2, -0.15) is 0 Å². The van der Waals surface area contributed by atoms with Crippen LogP contribution in [0.2, 0.25) is 0 Å². The number of carbonyl (C=O) groups excluding carboxylic acids is 1. The quantitative estimate of drug-likeness (QED) is 0.190. The molecule has 0 saturated carbocycles. The molecular formula is C27H22N4O2S2. The highest BCUT2D eigenvalue weighted by atomic mass is 32.2. The van der Waals surface area contributed by atoms with E-state index in [9.17, 15) is 9.59 Å². The summed E-state index contributed by atoms with van der Waals surface area (Å²) >= 11 is 2.53. The third kappa shape index (κ3) is 4.84. The maximum Gasteiger partial charge on any atom is 0.282 e. The lowest BCUT2D eigenvalue weighted by Gasteiger charge is -2.20. The number of benzene rings is 3. The minimum atomic E-state index is -0.329. The summed E-state index contributed by atoms with van der Waals surface area (Å²) in [5.74, 6) is 6.01. The maximum absolute atomic E-state index is 13.1. The normalized spacial score (nSPS) is 11.1. The zero-order chi connectivity index (χ0) is 24.2. The van der Waals surface area contributed by atoms with E-state index in [1.807, 2.05) is 96.4 Å². The molecule has 0 bridgehead atoms. The molecule has 1 amide bonds. The second-order valence-corrected chi connectivity index (χ2v) is 9.68. The predicted octanol–water partition coefficient (Wildman–Crippen LogP) is 4.84. The molecule has 3 aromatic carbocycles. The summed E-state index contributed by atoms with van der Waals surface area (Å²) in [4.78, 5) is 31.2. The molecule has 5 aromatic rings. The Labute approximate surface area is 210 Å². The van der Waals surface area contributed by atoms with E-state index in [-0.39, 0.29) is 23.3 Å². The third-order valence-corrected chi connectivity index (χ3v) is 7.42. The van der Waals surface area contributed by atoms with Crippen molar-refractivity contribution in [2.24, 2.45) is 0 Å². The minimum Gasteiger partial charge on any atom is -0.344 e. The number of nitrogens with one attached hydrogen (secondary N) is 1. The number of rotatable bonds is 7. The van der Waals surface area contributed by atoms with Crippen LogP contribution in [-0.2, 0) is 4.79 Å². The van der Waals surface area contributed by atoms with Crippen LogP contribution < -0.4 is 16.7 Å². The molecule has 0 aliphatic carbocycles. The number of carbonyl (C=O) groups is 1. The number of nitrogens with zero attached hydrogens (tertiary/aromatic N) is 2. The molecule has 0 unspecified atom stereocenters. The lowest BCUT2D eigenvalue weighted by molar-refractivity contribution is -0.119. The number of hydrogen-bond acceptors (Lipinski definition) is 6. The highest BCUT2D eigenvalue weighted by Crippen LogP contribution is 2.31. The molecule has 0 saturated heterocycles. The van der Waals surface area contributed by atoms with Crippen molar-refractivity contribution in [3.63, 3.8) is 0 Å². The van der Waals surface area contributed by atoms with Gasteiger partial charge in [0.1, 0.15) is 4.83 Å². The van der Waals surface area contributed by atoms with Gasteiger partial charge in [0.25, 0.3) is 5.56 Å². The smallest absolute Gasteiger partial charge is 0.282 e. The predicted molar refractivity (Wildman–Crippen MR) is 143 cm³/mol. The van der Waals surface area contributed by atoms with Gasteiger partial charge in [0, 0.05) is 10.9 Å². The van der Waals surface area contributed by atoms with Crippen molar-refractivity contribution < 1.29 is 4.79 Å². The number of amides is 1. The summed E-state index contributed by atoms with van der Waals surface area (Å²) < 4.78 is 1.03. The fraction of sp³-hybridized carbons (Fsp3) is 0.0741. The molecule has 0 fully saturated rings. The number of thiophene rings is 1. The molecule has 0 aliphatic rings. The van der Waals surface area contributed by atoms with Crippen LogP contribution in [0.15, 0.2) is 106 Å². The Morgan fingerprint density at radius 1 is 0.943 bits per heavy atom. The van der Waals surface area contributed by atoms with Gasteiger partial charge in [-0.3, -0.25) is 9.59 Å². The van der Waals surface area contributed by atoms with Crippen LogP contribution in [0.25, 0.3) is 21.3 Å². The van der Waals surface area contributed by atoms with E-state index < -0.39 is 0 Å². The molecule has 8 heteroatoms. The van der Waals surface area contributed by atoms with Crippen LogP contribution >= 0.6 is 23.1 Å². The largest absolute Gasteiger partial charge is 0.344 e. The zero-order valence-electron chi connectivity index (χ0n) is 18.6. The molecule has 0 spiro atoms. The van der Waals surface area contributed by atoms with Crippen molar-refractivity contribution in [2.75, 3.05) is 11.6 Å². The van der Waals surface area contributed by atoms with Gasteiger partial charge in [0.2, 0.25) is 5.91 Å². The first-order chi connectivity index (χ1) is 17.1. The Kier molecular flexibility index (Phi) is 6.65. The molecule has 0 aliphatic heterocycles. The first kappa shape index (κ1) is 22.9. The van der Waals surface area contributed by atoms with Gasteiger partial charge in [-0.25, -0.2) is 9.66 Å². The molecule has 3 N–H and O–H groups in total. The van der Waals surface area contributed by atoms with Gasteiger partial charge >= 0.3 is 0 Å². The van der Waals surface area contributed by atoms with Crippen molar-refractivity contribution in [3.05, 3.63) is 118 Å². The Morgan fingerprint density at radius 2 is 1.51 bits per heavy atom. The lowest BCUT2D eigenvalue weighted by Crippen LogP contribution is -2.32. The van der Waals surface area contributed by atoms with Gasteiger partial charge in [-0.1, -0.05) is 103 Å². The lowest BCUT2D eigenvalue weighted by atomic mass is 9.99. The standard InChI is InChI=1S/C27H22N4O2S2/c28-31-26(33)23-21(18-10-4-1-5-11-18)16-34-25(23)30-27(31)35-17-22(32)29-24(19-12-6-2-7-13-19)20-14-8-3-9-15-20/h1-16,24H,17,28H2,(H,29,32). The number of nitrogens with two attached hydrogens (primary N) is 1. The molecule has 174 valence electrons. The summed E-state index contributed by atoms with van der Waals surface area (Å²) in [6.45, 7) is 0. The van der Waals surface area contributed by atoms with Crippen LogP contribution in [-0.4, -0.2) is 21.3 Å². The van der Waals surface area contributed by atoms with E-state index in [4.69, 9.17) is 5.84 Å². The maximum atomic E-state index is 13.1. The Balaban J connectivity index is 1.36. The van der Waals surface area contributed by atoms with Crippen molar-refractivity contribution in [1.29, 1.82) is 0 Å². The van der Waals surface area contributed by atoms with E-state index in [1.54, 1.807) is 0 Å². The molecule has 35 heavy (non-hydrogen) atoms. The zero-order valence-corrected chi connectivity index (χ0v) is 20.3.